The molecule has 180 valence electrons. The Morgan fingerprint density at radius 2 is 2.06 bits per heavy atom. The van der Waals surface area contributed by atoms with Crippen molar-refractivity contribution in [3.05, 3.63) is 70.8 Å². The summed E-state index contributed by atoms with van der Waals surface area (Å²) in [6, 6.07) is 10.1. The molecule has 0 aliphatic carbocycles. The molecule has 1 fully saturated rings. The first-order chi connectivity index (χ1) is 16.9. The van der Waals surface area contributed by atoms with Crippen molar-refractivity contribution in [2.24, 2.45) is 5.92 Å². The third kappa shape index (κ3) is 4.58. The third-order valence-corrected chi connectivity index (χ3v) is 6.84. The summed E-state index contributed by atoms with van der Waals surface area (Å²) in [4.78, 5) is 28.8. The number of hydrogen-bond acceptors (Lipinski definition) is 6. The number of nitrogens with zero attached hydrogens (tertiary/aromatic N) is 4. The number of anilines is 1. The molecule has 2 unspecified atom stereocenters. The number of carbonyl (C=O) groups excluding carboxylic acids is 1. The number of amides is 1. The molecular weight excluding hydrogens is 469 g/mol. The van der Waals surface area contributed by atoms with Crippen molar-refractivity contribution in [3.8, 4) is 11.4 Å². The van der Waals surface area contributed by atoms with E-state index in [2.05, 4.69) is 27.2 Å². The lowest BCUT2D eigenvalue weighted by Crippen LogP contribution is -2.51. The summed E-state index contributed by atoms with van der Waals surface area (Å²) in [5, 5.41) is 3.84. The van der Waals surface area contributed by atoms with Gasteiger partial charge in [0.1, 0.15) is 11.3 Å². The summed E-state index contributed by atoms with van der Waals surface area (Å²) in [5.41, 5.74) is 2.48. The second-order valence-corrected chi connectivity index (χ2v) is 9.30. The zero-order valence-electron chi connectivity index (χ0n) is 19.5. The molecule has 35 heavy (non-hydrogen) atoms. The first-order valence-electron chi connectivity index (χ1n) is 11.6. The van der Waals surface area contributed by atoms with Crippen LogP contribution in [0.25, 0.3) is 22.5 Å². The number of hydrogen-bond donors (Lipinski definition) is 1. The summed E-state index contributed by atoms with van der Waals surface area (Å²) >= 11 is 6.06. The maximum atomic E-state index is 14.5. The predicted molar refractivity (Wildman–Crippen MR) is 133 cm³/mol. The van der Waals surface area contributed by atoms with E-state index in [4.69, 9.17) is 16.0 Å². The topological polar surface area (TPSA) is 84.2 Å². The Morgan fingerprint density at radius 3 is 2.86 bits per heavy atom. The second-order valence-electron chi connectivity index (χ2n) is 8.86. The molecule has 0 saturated carbocycles. The lowest BCUT2D eigenvalue weighted by molar-refractivity contribution is 0.0540. The van der Waals surface area contributed by atoms with Gasteiger partial charge in [-0.2, -0.15) is 4.98 Å². The van der Waals surface area contributed by atoms with Crippen LogP contribution in [0.2, 0.25) is 5.02 Å². The first kappa shape index (κ1) is 23.2. The Kier molecular flexibility index (Phi) is 6.38. The van der Waals surface area contributed by atoms with Gasteiger partial charge in [0.05, 0.1) is 11.6 Å². The molecule has 0 spiro atoms. The molecule has 2 aromatic carbocycles. The van der Waals surface area contributed by atoms with Crippen LogP contribution in [0.3, 0.4) is 0 Å². The molecule has 0 radical (unpaired) electrons. The molecule has 2 aromatic heterocycles. The van der Waals surface area contributed by atoms with Crippen molar-refractivity contribution in [3.63, 3.8) is 0 Å². The lowest BCUT2D eigenvalue weighted by atomic mass is 9.89. The highest BCUT2D eigenvalue weighted by molar-refractivity contribution is 6.31. The highest BCUT2D eigenvalue weighted by atomic mass is 35.5. The van der Waals surface area contributed by atoms with Crippen molar-refractivity contribution in [1.82, 2.24) is 19.9 Å². The van der Waals surface area contributed by atoms with Crippen LogP contribution in [0.1, 0.15) is 35.7 Å². The minimum atomic E-state index is -0.398. The Balaban J connectivity index is 1.44. The minimum absolute atomic E-state index is 0.107. The summed E-state index contributed by atoms with van der Waals surface area (Å²) < 4.78 is 20.3. The van der Waals surface area contributed by atoms with Crippen LogP contribution in [-0.2, 0) is 0 Å². The van der Waals surface area contributed by atoms with E-state index < -0.39 is 5.82 Å². The maximum Gasteiger partial charge on any atom is 0.295 e. The average Bonchev–Trinajstić information content (AvgIpc) is 3.26. The fraction of sp³-hybridized carbons (Fsp3) is 0.308. The van der Waals surface area contributed by atoms with Gasteiger partial charge >= 0.3 is 0 Å². The number of benzene rings is 2. The number of likely N-dealkylation sites (tertiary alicyclic amines) is 1. The molecule has 2 atom stereocenters. The Bertz CT molecular complexity index is 1380. The normalized spacial score (nSPS) is 18.1. The second kappa shape index (κ2) is 9.62. The summed E-state index contributed by atoms with van der Waals surface area (Å²) in [6.07, 6.45) is 5.06. The van der Waals surface area contributed by atoms with E-state index >= 15 is 0 Å². The molecule has 1 saturated heterocycles. The highest BCUT2D eigenvalue weighted by Gasteiger charge is 2.34. The minimum Gasteiger partial charge on any atom is -0.424 e. The lowest BCUT2D eigenvalue weighted by Gasteiger charge is -2.40. The van der Waals surface area contributed by atoms with Gasteiger partial charge in [-0.05, 0) is 67.6 Å². The fourth-order valence-electron chi connectivity index (χ4n) is 4.72. The molecule has 7 nitrogen and oxygen atoms in total. The molecule has 5 rings (SSSR count). The third-order valence-electron chi connectivity index (χ3n) is 6.61. The zero-order valence-corrected chi connectivity index (χ0v) is 20.2. The zero-order chi connectivity index (χ0) is 24.5. The van der Waals surface area contributed by atoms with Crippen molar-refractivity contribution < 1.29 is 13.6 Å². The van der Waals surface area contributed by atoms with E-state index in [1.807, 2.05) is 4.90 Å². The maximum absolute atomic E-state index is 14.5. The van der Waals surface area contributed by atoms with Gasteiger partial charge in [-0.1, -0.05) is 18.5 Å². The number of piperidine rings is 1. The molecule has 4 aromatic rings. The standard InChI is InChI=1S/C26H25ClFN5O2/c1-15-5-3-12-33(21(15)14-31-26-32-20-13-17(27)6-9-22(20)35-26)25(34)18-7-8-19(28)16(2)23(18)24-29-10-4-11-30-24/h4,6-11,13,15,21H,3,5,12,14H2,1-2H3,(H,31,32). The van der Waals surface area contributed by atoms with Crippen LogP contribution in [0.5, 0.6) is 0 Å². The molecule has 1 N–H and O–H groups in total. The van der Waals surface area contributed by atoms with Crippen molar-refractivity contribution >= 4 is 34.6 Å². The van der Waals surface area contributed by atoms with E-state index in [0.29, 0.717) is 57.7 Å². The van der Waals surface area contributed by atoms with Crippen molar-refractivity contribution in [2.45, 2.75) is 32.7 Å². The fourth-order valence-corrected chi connectivity index (χ4v) is 4.88. The van der Waals surface area contributed by atoms with E-state index in [-0.39, 0.29) is 17.9 Å². The SMILES string of the molecule is Cc1c(F)ccc(C(=O)N2CCCC(C)C2CNc2nc3cc(Cl)ccc3o2)c1-c1ncccn1. The van der Waals surface area contributed by atoms with Crippen LogP contribution in [0.4, 0.5) is 10.4 Å². The predicted octanol–water partition coefficient (Wildman–Crippen LogP) is 5.74. The molecule has 1 amide bonds. The number of oxazole rings is 1. The van der Waals surface area contributed by atoms with Gasteiger partial charge in [-0.15, -0.1) is 0 Å². The van der Waals surface area contributed by atoms with Gasteiger partial charge in [0.15, 0.2) is 11.4 Å². The largest absolute Gasteiger partial charge is 0.424 e. The molecular formula is C26H25ClFN5O2. The quantitative estimate of drug-likeness (QED) is 0.381. The van der Waals surface area contributed by atoms with E-state index in [1.165, 1.54) is 12.1 Å². The summed E-state index contributed by atoms with van der Waals surface area (Å²) in [7, 11) is 0. The van der Waals surface area contributed by atoms with Crippen molar-refractivity contribution in [2.75, 3.05) is 18.4 Å². The number of aromatic nitrogens is 3. The number of halogens is 2. The Hall–Kier alpha value is -3.52. The smallest absolute Gasteiger partial charge is 0.295 e. The number of rotatable bonds is 5. The highest BCUT2D eigenvalue weighted by Crippen LogP contribution is 2.31. The summed E-state index contributed by atoms with van der Waals surface area (Å²) in [6.45, 7) is 4.85. The first-order valence-corrected chi connectivity index (χ1v) is 12.0. The molecule has 1 aliphatic heterocycles. The van der Waals surface area contributed by atoms with Gasteiger partial charge in [-0.3, -0.25) is 4.79 Å². The Labute approximate surface area is 207 Å². The Morgan fingerprint density at radius 1 is 1.26 bits per heavy atom. The van der Waals surface area contributed by atoms with Gasteiger partial charge in [0, 0.05) is 36.1 Å². The van der Waals surface area contributed by atoms with Crippen LogP contribution < -0.4 is 5.32 Å². The van der Waals surface area contributed by atoms with Gasteiger partial charge in [-0.25, -0.2) is 14.4 Å². The number of nitrogens with one attached hydrogen (secondary N) is 1. The van der Waals surface area contributed by atoms with Crippen LogP contribution >= 0.6 is 11.6 Å². The van der Waals surface area contributed by atoms with Crippen LogP contribution in [0.15, 0.2) is 53.2 Å². The number of carbonyl (C=O) groups is 1. The van der Waals surface area contributed by atoms with E-state index in [1.54, 1.807) is 43.6 Å². The molecule has 1 aliphatic rings. The van der Waals surface area contributed by atoms with E-state index in [9.17, 15) is 9.18 Å². The average molecular weight is 494 g/mol. The van der Waals surface area contributed by atoms with Gasteiger partial charge in [0.2, 0.25) is 0 Å². The molecule has 0 bridgehead atoms. The van der Waals surface area contributed by atoms with Crippen LogP contribution in [0, 0.1) is 18.7 Å². The molecule has 9 heteroatoms. The van der Waals surface area contributed by atoms with E-state index in [0.717, 1.165) is 12.8 Å². The molecule has 3 heterocycles. The summed E-state index contributed by atoms with van der Waals surface area (Å²) in [5.74, 6) is 0.0123. The number of fused-ring (bicyclic) bond motifs is 1. The van der Waals surface area contributed by atoms with Gasteiger partial charge < -0.3 is 14.6 Å². The van der Waals surface area contributed by atoms with Gasteiger partial charge in [0.25, 0.3) is 11.9 Å². The van der Waals surface area contributed by atoms with Crippen LogP contribution in [-0.4, -0.2) is 44.9 Å². The van der Waals surface area contributed by atoms with Crippen molar-refractivity contribution in [1.29, 1.82) is 0 Å². The monoisotopic (exact) mass is 493 g/mol.